The van der Waals surface area contributed by atoms with E-state index in [0.29, 0.717) is 12.0 Å². The lowest BCUT2D eigenvalue weighted by molar-refractivity contribution is -0.137. The third kappa shape index (κ3) is 4.45. The van der Waals surface area contributed by atoms with Crippen molar-refractivity contribution in [2.45, 2.75) is 69.7 Å². The first-order valence-corrected chi connectivity index (χ1v) is 8.28. The molecule has 4 heteroatoms. The number of rotatable bonds is 8. The van der Waals surface area contributed by atoms with Crippen LogP contribution in [0.15, 0.2) is 0 Å². The molecule has 1 saturated carbocycles. The van der Waals surface area contributed by atoms with Crippen molar-refractivity contribution in [1.29, 1.82) is 0 Å². The van der Waals surface area contributed by atoms with Crippen LogP contribution < -0.4 is 0 Å². The number of carboxylic acids is 1. The van der Waals surface area contributed by atoms with E-state index in [9.17, 15) is 4.79 Å². The molecule has 0 aromatic carbocycles. The van der Waals surface area contributed by atoms with Gasteiger partial charge in [-0.2, -0.15) is 0 Å². The zero-order valence-corrected chi connectivity index (χ0v) is 12.6. The standard InChI is InChI=1S/C16H29NO3/c18-15(19)7-3-1-2-4-8-16(9-5-6-10-16)17-11-13-20-14-12-17/h1-14H2,(H,18,19). The Bertz CT molecular complexity index is 294. The second-order valence-electron chi connectivity index (χ2n) is 6.34. The van der Waals surface area contributed by atoms with Gasteiger partial charge in [0.05, 0.1) is 13.2 Å². The van der Waals surface area contributed by atoms with Crippen molar-refractivity contribution in [3.05, 3.63) is 0 Å². The molecule has 1 heterocycles. The fraction of sp³-hybridized carbons (Fsp3) is 0.938. The van der Waals surface area contributed by atoms with Gasteiger partial charge in [0.1, 0.15) is 0 Å². The maximum atomic E-state index is 10.5. The summed E-state index contributed by atoms with van der Waals surface area (Å²) in [5.41, 5.74) is 0.441. The summed E-state index contributed by atoms with van der Waals surface area (Å²) < 4.78 is 5.49. The highest BCUT2D eigenvalue weighted by atomic mass is 16.5. The lowest BCUT2D eigenvalue weighted by Gasteiger charge is -2.43. The van der Waals surface area contributed by atoms with Gasteiger partial charge >= 0.3 is 5.97 Å². The largest absolute Gasteiger partial charge is 0.481 e. The quantitative estimate of drug-likeness (QED) is 0.696. The van der Waals surface area contributed by atoms with E-state index in [0.717, 1.165) is 39.1 Å². The predicted octanol–water partition coefficient (Wildman–Crippen LogP) is 3.06. The Balaban J connectivity index is 1.70. The Morgan fingerprint density at radius 3 is 2.35 bits per heavy atom. The van der Waals surface area contributed by atoms with E-state index in [1.165, 1.54) is 44.9 Å². The first-order chi connectivity index (χ1) is 9.73. The lowest BCUT2D eigenvalue weighted by Crippen LogP contribution is -2.51. The van der Waals surface area contributed by atoms with Gasteiger partial charge in [-0.1, -0.05) is 32.1 Å². The van der Waals surface area contributed by atoms with Gasteiger partial charge in [0.25, 0.3) is 0 Å². The van der Waals surface area contributed by atoms with Crippen molar-refractivity contribution in [1.82, 2.24) is 4.90 Å². The molecule has 0 spiro atoms. The summed E-state index contributed by atoms with van der Waals surface area (Å²) in [6.45, 7) is 3.97. The van der Waals surface area contributed by atoms with Crippen LogP contribution in [0.2, 0.25) is 0 Å². The maximum absolute atomic E-state index is 10.5. The molecule has 1 aliphatic heterocycles. The minimum Gasteiger partial charge on any atom is -0.481 e. The molecule has 2 rings (SSSR count). The second-order valence-corrected chi connectivity index (χ2v) is 6.34. The van der Waals surface area contributed by atoms with E-state index in [1.54, 1.807) is 0 Å². The van der Waals surface area contributed by atoms with E-state index >= 15 is 0 Å². The average molecular weight is 283 g/mol. The molecular formula is C16H29NO3. The van der Waals surface area contributed by atoms with Crippen molar-refractivity contribution in [2.24, 2.45) is 0 Å². The average Bonchev–Trinajstić information content (AvgIpc) is 2.93. The Morgan fingerprint density at radius 2 is 1.70 bits per heavy atom. The number of unbranched alkanes of at least 4 members (excludes halogenated alkanes) is 3. The van der Waals surface area contributed by atoms with Crippen molar-refractivity contribution >= 4 is 5.97 Å². The fourth-order valence-electron chi connectivity index (χ4n) is 3.88. The molecule has 0 atom stereocenters. The summed E-state index contributed by atoms with van der Waals surface area (Å²) in [7, 11) is 0. The van der Waals surface area contributed by atoms with Gasteiger partial charge in [-0.25, -0.2) is 0 Å². The van der Waals surface area contributed by atoms with E-state index in [2.05, 4.69) is 4.90 Å². The van der Waals surface area contributed by atoms with Gasteiger partial charge in [-0.15, -0.1) is 0 Å². The molecule has 1 saturated heterocycles. The molecule has 0 radical (unpaired) electrons. The van der Waals surface area contributed by atoms with Gasteiger partial charge in [0.15, 0.2) is 0 Å². The van der Waals surface area contributed by atoms with Gasteiger partial charge in [-0.3, -0.25) is 9.69 Å². The highest BCUT2D eigenvalue weighted by Gasteiger charge is 2.39. The second kappa shape index (κ2) is 7.99. The van der Waals surface area contributed by atoms with Crippen LogP contribution in [0.4, 0.5) is 0 Å². The molecule has 1 aliphatic carbocycles. The minimum atomic E-state index is -0.662. The third-order valence-electron chi connectivity index (χ3n) is 5.00. The molecule has 1 N–H and O–H groups in total. The summed E-state index contributed by atoms with van der Waals surface area (Å²) >= 11 is 0. The van der Waals surface area contributed by atoms with Crippen LogP contribution in [0, 0.1) is 0 Å². The van der Waals surface area contributed by atoms with E-state index in [4.69, 9.17) is 9.84 Å². The first-order valence-electron chi connectivity index (χ1n) is 8.28. The lowest BCUT2D eigenvalue weighted by atomic mass is 9.87. The number of ether oxygens (including phenoxy) is 1. The first kappa shape index (κ1) is 15.8. The zero-order chi connectivity index (χ0) is 14.3. The van der Waals surface area contributed by atoms with Gasteiger partial charge in [-0.05, 0) is 25.7 Å². The molecule has 116 valence electrons. The van der Waals surface area contributed by atoms with Crippen molar-refractivity contribution in [3.63, 3.8) is 0 Å². The number of hydrogen-bond donors (Lipinski definition) is 1. The number of nitrogens with zero attached hydrogens (tertiary/aromatic N) is 1. The molecule has 20 heavy (non-hydrogen) atoms. The topological polar surface area (TPSA) is 49.8 Å². The molecule has 4 nitrogen and oxygen atoms in total. The Kier molecular flexibility index (Phi) is 6.30. The van der Waals surface area contributed by atoms with Crippen LogP contribution >= 0.6 is 0 Å². The fourth-order valence-corrected chi connectivity index (χ4v) is 3.88. The SMILES string of the molecule is O=C(O)CCCCCCC1(N2CCOCC2)CCCC1. The van der Waals surface area contributed by atoms with Gasteiger partial charge < -0.3 is 9.84 Å². The Morgan fingerprint density at radius 1 is 1.05 bits per heavy atom. The smallest absolute Gasteiger partial charge is 0.303 e. The van der Waals surface area contributed by atoms with Crippen LogP contribution in [0.25, 0.3) is 0 Å². The van der Waals surface area contributed by atoms with Crippen LogP contribution in [0.5, 0.6) is 0 Å². The highest BCUT2D eigenvalue weighted by Crippen LogP contribution is 2.39. The number of aliphatic carboxylic acids is 1. The monoisotopic (exact) mass is 283 g/mol. The van der Waals surface area contributed by atoms with Crippen LogP contribution in [0.1, 0.15) is 64.2 Å². The number of morpholine rings is 1. The summed E-state index contributed by atoms with van der Waals surface area (Å²) in [5, 5.41) is 8.64. The number of hydrogen-bond acceptors (Lipinski definition) is 3. The normalized spacial score (nSPS) is 23.0. The molecular weight excluding hydrogens is 254 g/mol. The van der Waals surface area contributed by atoms with Crippen molar-refractivity contribution in [3.8, 4) is 0 Å². The molecule has 0 unspecified atom stereocenters. The predicted molar refractivity (Wildman–Crippen MR) is 78.9 cm³/mol. The van der Waals surface area contributed by atoms with Crippen molar-refractivity contribution < 1.29 is 14.6 Å². The summed E-state index contributed by atoms with van der Waals surface area (Å²) in [6.07, 6.45) is 11.4. The minimum absolute atomic E-state index is 0.328. The Labute approximate surface area is 122 Å². The Hall–Kier alpha value is -0.610. The molecule has 2 aliphatic rings. The van der Waals surface area contributed by atoms with E-state index < -0.39 is 5.97 Å². The zero-order valence-electron chi connectivity index (χ0n) is 12.6. The van der Waals surface area contributed by atoms with Crippen LogP contribution in [-0.4, -0.2) is 47.8 Å². The maximum Gasteiger partial charge on any atom is 0.303 e. The highest BCUT2D eigenvalue weighted by molar-refractivity contribution is 5.66. The van der Waals surface area contributed by atoms with E-state index in [-0.39, 0.29) is 0 Å². The number of carboxylic acid groups (broad SMARTS) is 1. The molecule has 0 bridgehead atoms. The number of carbonyl (C=O) groups is 1. The van der Waals surface area contributed by atoms with E-state index in [1.807, 2.05) is 0 Å². The molecule has 2 fully saturated rings. The summed E-state index contributed by atoms with van der Waals surface area (Å²) in [4.78, 5) is 13.2. The van der Waals surface area contributed by atoms with Crippen LogP contribution in [0.3, 0.4) is 0 Å². The summed E-state index contributed by atoms with van der Waals surface area (Å²) in [5.74, 6) is -0.662. The molecule has 0 aromatic heterocycles. The van der Waals surface area contributed by atoms with Crippen molar-refractivity contribution in [2.75, 3.05) is 26.3 Å². The third-order valence-corrected chi connectivity index (χ3v) is 5.00. The molecule has 0 aromatic rings. The summed E-state index contributed by atoms with van der Waals surface area (Å²) in [6, 6.07) is 0. The van der Waals surface area contributed by atoms with Gasteiger partial charge in [0, 0.05) is 25.0 Å². The van der Waals surface area contributed by atoms with Crippen LogP contribution in [-0.2, 0) is 9.53 Å². The van der Waals surface area contributed by atoms with Gasteiger partial charge in [0.2, 0.25) is 0 Å². The molecule has 0 amide bonds.